The predicted molar refractivity (Wildman–Crippen MR) is 95.7 cm³/mol. The highest BCUT2D eigenvalue weighted by molar-refractivity contribution is 8.00. The van der Waals surface area contributed by atoms with Crippen LogP contribution >= 0.6 is 11.8 Å². The molecule has 25 heavy (non-hydrogen) atoms. The van der Waals surface area contributed by atoms with Gasteiger partial charge in [0.15, 0.2) is 6.10 Å². The maximum absolute atomic E-state index is 12.8. The molecule has 0 aliphatic rings. The number of carbonyl (C=O) groups excluding carboxylic acids is 2. The van der Waals surface area contributed by atoms with Crippen molar-refractivity contribution >= 4 is 23.6 Å². The zero-order valence-electron chi connectivity index (χ0n) is 14.1. The van der Waals surface area contributed by atoms with Crippen molar-refractivity contribution in [3.63, 3.8) is 0 Å². The molecule has 0 fully saturated rings. The summed E-state index contributed by atoms with van der Waals surface area (Å²) >= 11 is 1.38. The van der Waals surface area contributed by atoms with Gasteiger partial charge in [-0.05, 0) is 43.2 Å². The topological polar surface area (TPSA) is 55.4 Å². The molecular weight excluding hydrogens is 341 g/mol. The van der Waals surface area contributed by atoms with Gasteiger partial charge in [0, 0.05) is 11.4 Å². The van der Waals surface area contributed by atoms with Crippen molar-refractivity contribution in [1.82, 2.24) is 5.32 Å². The maximum atomic E-state index is 12.8. The third-order valence-corrected chi connectivity index (χ3v) is 4.65. The summed E-state index contributed by atoms with van der Waals surface area (Å²) in [7, 11) is 0. The molecule has 0 heterocycles. The minimum absolute atomic E-state index is 0.139. The Kier molecular flexibility index (Phi) is 7.01. The number of ether oxygens (including phenoxy) is 1. The molecule has 2 aromatic rings. The van der Waals surface area contributed by atoms with Crippen LogP contribution in [0.3, 0.4) is 0 Å². The molecule has 0 saturated heterocycles. The number of hydrogen-bond donors (Lipinski definition) is 1. The second kappa shape index (κ2) is 9.22. The number of esters is 1. The molecule has 1 atom stereocenters. The summed E-state index contributed by atoms with van der Waals surface area (Å²) in [4.78, 5) is 24.9. The molecule has 0 aliphatic carbocycles. The maximum Gasteiger partial charge on any atom is 0.317 e. The Bertz CT molecular complexity index is 734. The largest absolute Gasteiger partial charge is 0.452 e. The van der Waals surface area contributed by atoms with Gasteiger partial charge in [-0.2, -0.15) is 0 Å². The van der Waals surface area contributed by atoms with Crippen LogP contribution in [0.15, 0.2) is 53.4 Å². The van der Waals surface area contributed by atoms with Crippen molar-refractivity contribution < 1.29 is 18.7 Å². The van der Waals surface area contributed by atoms with Crippen LogP contribution in [0.1, 0.15) is 18.1 Å². The summed E-state index contributed by atoms with van der Waals surface area (Å²) in [5.74, 6) is -1.03. The molecule has 0 spiro atoms. The number of amides is 1. The Morgan fingerprint density at radius 2 is 1.84 bits per heavy atom. The molecule has 0 saturated carbocycles. The van der Waals surface area contributed by atoms with E-state index in [9.17, 15) is 14.0 Å². The van der Waals surface area contributed by atoms with Crippen LogP contribution in [-0.4, -0.2) is 23.7 Å². The molecule has 2 aromatic carbocycles. The lowest BCUT2D eigenvalue weighted by Gasteiger charge is -2.13. The first-order valence-electron chi connectivity index (χ1n) is 7.86. The summed E-state index contributed by atoms with van der Waals surface area (Å²) in [6.07, 6.45) is -0.884. The van der Waals surface area contributed by atoms with Crippen molar-refractivity contribution in [3.05, 3.63) is 65.5 Å². The second-order valence-electron chi connectivity index (χ2n) is 5.53. The van der Waals surface area contributed by atoms with E-state index in [1.807, 2.05) is 31.2 Å². The molecule has 132 valence electrons. The second-order valence-corrected chi connectivity index (χ2v) is 6.55. The van der Waals surface area contributed by atoms with Crippen molar-refractivity contribution in [2.75, 3.05) is 5.75 Å². The predicted octanol–water partition coefficient (Wildman–Crippen LogP) is 3.47. The third-order valence-electron chi connectivity index (χ3n) is 3.50. The molecule has 0 aromatic heterocycles. The number of nitrogens with one attached hydrogen (secondary N) is 1. The number of carbonyl (C=O) groups is 2. The van der Waals surface area contributed by atoms with Gasteiger partial charge in [-0.1, -0.05) is 30.3 Å². The van der Waals surface area contributed by atoms with Crippen LogP contribution in [0, 0.1) is 12.7 Å². The minimum Gasteiger partial charge on any atom is -0.452 e. The number of benzene rings is 2. The highest BCUT2D eigenvalue weighted by atomic mass is 32.2. The van der Waals surface area contributed by atoms with Gasteiger partial charge in [-0.25, -0.2) is 4.39 Å². The lowest BCUT2D eigenvalue weighted by atomic mass is 10.2. The van der Waals surface area contributed by atoms with Gasteiger partial charge in [-0.3, -0.25) is 9.59 Å². The first-order chi connectivity index (χ1) is 12.0. The first-order valence-corrected chi connectivity index (χ1v) is 8.84. The third kappa shape index (κ3) is 6.23. The lowest BCUT2D eigenvalue weighted by Crippen LogP contribution is -2.35. The van der Waals surface area contributed by atoms with Gasteiger partial charge in [0.25, 0.3) is 5.91 Å². The molecular formula is C19H20FNO3S. The summed E-state index contributed by atoms with van der Waals surface area (Å²) < 4.78 is 18.0. The fourth-order valence-corrected chi connectivity index (χ4v) is 2.89. The monoisotopic (exact) mass is 361 g/mol. The van der Waals surface area contributed by atoms with E-state index < -0.39 is 18.0 Å². The first kappa shape index (κ1) is 19.0. The van der Waals surface area contributed by atoms with Crippen LogP contribution in [0.5, 0.6) is 0 Å². The van der Waals surface area contributed by atoms with Gasteiger partial charge < -0.3 is 10.1 Å². The van der Waals surface area contributed by atoms with Crippen LogP contribution < -0.4 is 5.32 Å². The van der Waals surface area contributed by atoms with Gasteiger partial charge >= 0.3 is 5.97 Å². The van der Waals surface area contributed by atoms with E-state index in [0.717, 1.165) is 16.0 Å². The van der Waals surface area contributed by atoms with Gasteiger partial charge in [0.1, 0.15) is 5.82 Å². The summed E-state index contributed by atoms with van der Waals surface area (Å²) in [5.41, 5.74) is 1.86. The van der Waals surface area contributed by atoms with E-state index in [1.54, 1.807) is 12.1 Å². The zero-order valence-corrected chi connectivity index (χ0v) is 14.9. The minimum atomic E-state index is -0.884. The van der Waals surface area contributed by atoms with E-state index in [0.29, 0.717) is 0 Å². The van der Waals surface area contributed by atoms with Crippen LogP contribution in [0.2, 0.25) is 0 Å². The number of rotatable bonds is 7. The molecule has 2 rings (SSSR count). The Morgan fingerprint density at radius 3 is 2.52 bits per heavy atom. The van der Waals surface area contributed by atoms with Crippen molar-refractivity contribution in [3.8, 4) is 0 Å². The molecule has 6 heteroatoms. The zero-order chi connectivity index (χ0) is 18.2. The summed E-state index contributed by atoms with van der Waals surface area (Å²) in [6.45, 7) is 3.74. The summed E-state index contributed by atoms with van der Waals surface area (Å²) in [6, 6.07) is 13.6. The molecule has 1 amide bonds. The van der Waals surface area contributed by atoms with Crippen LogP contribution in [-0.2, 0) is 20.9 Å². The van der Waals surface area contributed by atoms with E-state index in [-0.39, 0.29) is 18.1 Å². The van der Waals surface area contributed by atoms with Crippen LogP contribution in [0.25, 0.3) is 0 Å². The Hall–Kier alpha value is -2.34. The summed E-state index contributed by atoms with van der Waals surface area (Å²) in [5, 5.41) is 2.66. The standard InChI is InChI=1S/C19H20FNO3S/c1-13-5-3-4-6-17(13)25-12-18(22)24-14(2)19(23)21-11-15-7-9-16(20)10-8-15/h3-10,14H,11-12H2,1-2H3,(H,21,23)/t14-/m1/s1. The van der Waals surface area contributed by atoms with E-state index in [1.165, 1.54) is 30.8 Å². The van der Waals surface area contributed by atoms with Gasteiger partial charge in [-0.15, -0.1) is 11.8 Å². The van der Waals surface area contributed by atoms with Gasteiger partial charge in [0.05, 0.1) is 5.75 Å². The molecule has 0 radical (unpaired) electrons. The lowest BCUT2D eigenvalue weighted by molar-refractivity contribution is -0.152. The number of halogens is 1. The average Bonchev–Trinajstić information content (AvgIpc) is 2.60. The number of aryl methyl sites for hydroxylation is 1. The van der Waals surface area contributed by atoms with Crippen molar-refractivity contribution in [2.24, 2.45) is 0 Å². The molecule has 4 nitrogen and oxygen atoms in total. The van der Waals surface area contributed by atoms with Crippen molar-refractivity contribution in [2.45, 2.75) is 31.4 Å². The number of thioether (sulfide) groups is 1. The molecule has 0 bridgehead atoms. The highest BCUT2D eigenvalue weighted by Crippen LogP contribution is 2.21. The molecule has 0 aliphatic heterocycles. The SMILES string of the molecule is Cc1ccccc1SCC(=O)O[C@H](C)C(=O)NCc1ccc(F)cc1. The Labute approximate surface area is 150 Å². The average molecular weight is 361 g/mol. The van der Waals surface area contributed by atoms with E-state index >= 15 is 0 Å². The molecule has 0 unspecified atom stereocenters. The Morgan fingerprint density at radius 1 is 1.16 bits per heavy atom. The van der Waals surface area contributed by atoms with E-state index in [4.69, 9.17) is 4.74 Å². The van der Waals surface area contributed by atoms with Gasteiger partial charge in [0.2, 0.25) is 0 Å². The Balaban J connectivity index is 1.75. The smallest absolute Gasteiger partial charge is 0.317 e. The van der Waals surface area contributed by atoms with E-state index in [2.05, 4.69) is 5.32 Å². The van der Waals surface area contributed by atoms with Crippen molar-refractivity contribution in [1.29, 1.82) is 0 Å². The fraction of sp³-hybridized carbons (Fsp3) is 0.263. The number of hydrogen-bond acceptors (Lipinski definition) is 4. The normalized spacial score (nSPS) is 11.6. The van der Waals surface area contributed by atoms with Crippen LogP contribution in [0.4, 0.5) is 4.39 Å². The fourth-order valence-electron chi connectivity index (χ4n) is 2.07. The molecule has 1 N–H and O–H groups in total. The quantitative estimate of drug-likeness (QED) is 0.606. The highest BCUT2D eigenvalue weighted by Gasteiger charge is 2.17.